The van der Waals surface area contributed by atoms with Crippen molar-refractivity contribution in [2.45, 2.75) is 47.1 Å². The minimum atomic E-state index is -0.973. The molecule has 0 saturated heterocycles. The molecule has 0 bridgehead atoms. The zero-order valence-electron chi connectivity index (χ0n) is 13.4. The van der Waals surface area contributed by atoms with Gasteiger partial charge in [-0.05, 0) is 26.7 Å². The molecule has 1 amide bonds. The molecule has 0 saturated carbocycles. The Hall–Kier alpha value is -2.05. The third-order valence-corrected chi connectivity index (χ3v) is 4.32. The second-order valence-electron chi connectivity index (χ2n) is 5.23. The van der Waals surface area contributed by atoms with E-state index in [-0.39, 0.29) is 11.7 Å². The molecule has 1 rings (SSSR count). The minimum Gasteiger partial charge on any atom is -0.409 e. The lowest BCUT2D eigenvalue weighted by molar-refractivity contribution is -0.128. The van der Waals surface area contributed by atoms with Crippen molar-refractivity contribution in [3.63, 3.8) is 0 Å². The van der Waals surface area contributed by atoms with E-state index in [1.165, 1.54) is 0 Å². The van der Waals surface area contributed by atoms with Crippen LogP contribution in [-0.2, 0) is 18.4 Å². The maximum absolute atomic E-state index is 12.5. The number of aromatic nitrogens is 2. The highest BCUT2D eigenvalue weighted by Gasteiger charge is 2.39. The van der Waals surface area contributed by atoms with E-state index < -0.39 is 5.41 Å². The minimum absolute atomic E-state index is 0.0513. The van der Waals surface area contributed by atoms with E-state index in [0.29, 0.717) is 19.4 Å². The highest BCUT2D eigenvalue weighted by Crippen LogP contribution is 2.27. The molecule has 1 heterocycles. The molecule has 7 heteroatoms. The SMILES string of the molecule is CCC(CC)(C(=O)NCc1c(C)nn(C)c1C)C(N)=NO. The number of amides is 1. The van der Waals surface area contributed by atoms with E-state index in [0.717, 1.165) is 17.0 Å². The third kappa shape index (κ3) is 3.01. The predicted molar refractivity (Wildman–Crippen MR) is 81.0 cm³/mol. The van der Waals surface area contributed by atoms with Crippen LogP contribution in [0.1, 0.15) is 43.6 Å². The van der Waals surface area contributed by atoms with Gasteiger partial charge in [0.25, 0.3) is 0 Å². The Balaban J connectivity index is 2.94. The van der Waals surface area contributed by atoms with Gasteiger partial charge in [-0.25, -0.2) is 0 Å². The monoisotopic (exact) mass is 295 g/mol. The van der Waals surface area contributed by atoms with Crippen LogP contribution in [-0.4, -0.2) is 26.7 Å². The fourth-order valence-corrected chi connectivity index (χ4v) is 2.56. The van der Waals surface area contributed by atoms with Gasteiger partial charge in [0.15, 0.2) is 5.84 Å². The lowest BCUT2D eigenvalue weighted by atomic mass is 9.80. The van der Waals surface area contributed by atoms with E-state index in [4.69, 9.17) is 10.9 Å². The van der Waals surface area contributed by atoms with Crippen LogP contribution in [0.25, 0.3) is 0 Å². The zero-order chi connectivity index (χ0) is 16.2. The number of nitrogens with one attached hydrogen (secondary N) is 1. The zero-order valence-corrected chi connectivity index (χ0v) is 13.4. The highest BCUT2D eigenvalue weighted by molar-refractivity contribution is 6.06. The summed E-state index contributed by atoms with van der Waals surface area (Å²) in [5.74, 6) is -0.282. The second-order valence-corrected chi connectivity index (χ2v) is 5.23. The van der Waals surface area contributed by atoms with Crippen molar-refractivity contribution in [2.24, 2.45) is 23.4 Å². The number of amidine groups is 1. The van der Waals surface area contributed by atoms with Gasteiger partial charge in [0, 0.05) is 24.8 Å². The number of nitrogens with two attached hydrogens (primary N) is 1. The van der Waals surface area contributed by atoms with Crippen LogP contribution in [0.5, 0.6) is 0 Å². The Labute approximate surface area is 125 Å². The molecule has 1 aromatic rings. The lowest BCUT2D eigenvalue weighted by Crippen LogP contribution is -2.49. The number of oxime groups is 1. The summed E-state index contributed by atoms with van der Waals surface area (Å²) in [4.78, 5) is 12.5. The van der Waals surface area contributed by atoms with Crippen LogP contribution in [0.15, 0.2) is 5.16 Å². The van der Waals surface area contributed by atoms with E-state index in [1.807, 2.05) is 34.7 Å². The van der Waals surface area contributed by atoms with Crippen LogP contribution in [0.2, 0.25) is 0 Å². The summed E-state index contributed by atoms with van der Waals surface area (Å²) >= 11 is 0. The van der Waals surface area contributed by atoms with Crippen LogP contribution >= 0.6 is 0 Å². The van der Waals surface area contributed by atoms with Crippen LogP contribution < -0.4 is 11.1 Å². The third-order valence-electron chi connectivity index (χ3n) is 4.32. The molecule has 0 aromatic carbocycles. The maximum Gasteiger partial charge on any atom is 0.234 e. The first-order valence-corrected chi connectivity index (χ1v) is 7.09. The molecule has 0 aliphatic heterocycles. The Bertz CT molecular complexity index is 544. The topological polar surface area (TPSA) is 106 Å². The van der Waals surface area contributed by atoms with Crippen LogP contribution in [0, 0.1) is 19.3 Å². The molecule has 0 fully saturated rings. The van der Waals surface area contributed by atoms with E-state index in [9.17, 15) is 4.79 Å². The number of carbonyl (C=O) groups is 1. The number of nitrogens with zero attached hydrogens (tertiary/aromatic N) is 3. The van der Waals surface area contributed by atoms with Crippen molar-refractivity contribution in [3.8, 4) is 0 Å². The molecule has 1 aromatic heterocycles. The molecule has 0 spiro atoms. The summed E-state index contributed by atoms with van der Waals surface area (Å²) in [5, 5.41) is 19.2. The molecule has 0 atom stereocenters. The molecule has 21 heavy (non-hydrogen) atoms. The average Bonchev–Trinajstić information content (AvgIpc) is 2.71. The van der Waals surface area contributed by atoms with Gasteiger partial charge in [0.2, 0.25) is 5.91 Å². The van der Waals surface area contributed by atoms with Crippen molar-refractivity contribution >= 4 is 11.7 Å². The smallest absolute Gasteiger partial charge is 0.234 e. The molecular formula is C14H25N5O2. The van der Waals surface area contributed by atoms with Crippen LogP contribution in [0.3, 0.4) is 0 Å². The van der Waals surface area contributed by atoms with Gasteiger partial charge >= 0.3 is 0 Å². The molecule has 4 N–H and O–H groups in total. The normalized spacial score (nSPS) is 12.5. The lowest BCUT2D eigenvalue weighted by Gasteiger charge is -2.28. The largest absolute Gasteiger partial charge is 0.409 e. The summed E-state index contributed by atoms with van der Waals surface area (Å²) in [5.41, 5.74) is 7.64. The van der Waals surface area contributed by atoms with E-state index in [1.54, 1.807) is 4.68 Å². The van der Waals surface area contributed by atoms with Gasteiger partial charge in [0.05, 0.1) is 5.69 Å². The van der Waals surface area contributed by atoms with Gasteiger partial charge in [-0.3, -0.25) is 9.48 Å². The second kappa shape index (κ2) is 6.60. The Kier molecular flexibility index (Phi) is 5.34. The van der Waals surface area contributed by atoms with Gasteiger partial charge in [0.1, 0.15) is 5.41 Å². The summed E-state index contributed by atoms with van der Waals surface area (Å²) < 4.78 is 1.78. The Morgan fingerprint density at radius 1 is 1.43 bits per heavy atom. The first kappa shape index (κ1) is 17.0. The average molecular weight is 295 g/mol. The summed E-state index contributed by atoms with van der Waals surface area (Å²) in [6.07, 6.45) is 0.937. The van der Waals surface area contributed by atoms with Crippen molar-refractivity contribution < 1.29 is 10.0 Å². The molecule has 0 aliphatic rings. The van der Waals surface area contributed by atoms with Crippen molar-refractivity contribution in [3.05, 3.63) is 17.0 Å². The number of hydrogen-bond acceptors (Lipinski definition) is 4. The predicted octanol–water partition coefficient (Wildman–Crippen LogP) is 1.21. The van der Waals surface area contributed by atoms with Gasteiger partial charge in [-0.2, -0.15) is 5.10 Å². The van der Waals surface area contributed by atoms with Crippen molar-refractivity contribution in [2.75, 3.05) is 0 Å². The molecule has 0 aliphatic carbocycles. The van der Waals surface area contributed by atoms with Gasteiger partial charge in [-0.1, -0.05) is 19.0 Å². The van der Waals surface area contributed by atoms with E-state index >= 15 is 0 Å². The molecule has 118 valence electrons. The molecule has 0 radical (unpaired) electrons. The number of carbonyl (C=O) groups excluding carboxylic acids is 1. The summed E-state index contributed by atoms with van der Waals surface area (Å²) in [6, 6.07) is 0. The van der Waals surface area contributed by atoms with Crippen LogP contribution in [0.4, 0.5) is 0 Å². The van der Waals surface area contributed by atoms with Gasteiger partial charge in [-0.15, -0.1) is 0 Å². The van der Waals surface area contributed by atoms with Gasteiger partial charge < -0.3 is 16.3 Å². The van der Waals surface area contributed by atoms with E-state index in [2.05, 4.69) is 15.6 Å². The molecular weight excluding hydrogens is 270 g/mol. The summed E-state index contributed by atoms with van der Waals surface area (Å²) in [7, 11) is 1.87. The standard InChI is InChI=1S/C14H25N5O2/c1-6-14(7-2,12(15)18-21)13(20)16-8-11-9(3)17-19(5)10(11)4/h21H,6-8H2,1-5H3,(H2,15,18)(H,16,20). The highest BCUT2D eigenvalue weighted by atomic mass is 16.4. The molecule has 7 nitrogen and oxygen atoms in total. The quantitative estimate of drug-likeness (QED) is 0.317. The van der Waals surface area contributed by atoms with Crippen molar-refractivity contribution in [1.29, 1.82) is 0 Å². The first-order chi connectivity index (χ1) is 9.83. The number of rotatable bonds is 6. The Morgan fingerprint density at radius 2 is 2.00 bits per heavy atom. The summed E-state index contributed by atoms with van der Waals surface area (Å²) in [6.45, 7) is 7.94. The Morgan fingerprint density at radius 3 is 2.38 bits per heavy atom. The fraction of sp³-hybridized carbons (Fsp3) is 0.643. The maximum atomic E-state index is 12.5. The number of aryl methyl sites for hydroxylation is 2. The fourth-order valence-electron chi connectivity index (χ4n) is 2.56. The molecule has 0 unspecified atom stereocenters. The number of hydrogen-bond donors (Lipinski definition) is 3. The first-order valence-electron chi connectivity index (χ1n) is 7.09. The van der Waals surface area contributed by atoms with Crippen molar-refractivity contribution in [1.82, 2.24) is 15.1 Å².